The van der Waals surface area contributed by atoms with Crippen molar-refractivity contribution in [2.45, 2.75) is 113 Å². The van der Waals surface area contributed by atoms with E-state index in [2.05, 4.69) is 27.2 Å². The molecule has 9 rings (SSSR count). The summed E-state index contributed by atoms with van der Waals surface area (Å²) >= 11 is 0. The third-order valence-electron chi connectivity index (χ3n) is 14.0. The van der Waals surface area contributed by atoms with E-state index < -0.39 is 68.7 Å². The third kappa shape index (κ3) is 8.86. The Morgan fingerprint density at radius 2 is 1.75 bits per heavy atom. The lowest BCUT2D eigenvalue weighted by atomic mass is 9.88. The number of carbonyl (C=O) groups is 4. The Kier molecular flexibility index (Phi) is 11.3. The van der Waals surface area contributed by atoms with Crippen molar-refractivity contribution in [3.63, 3.8) is 0 Å². The van der Waals surface area contributed by atoms with Gasteiger partial charge in [0.05, 0.1) is 32.1 Å². The molecule has 4 saturated carbocycles. The van der Waals surface area contributed by atoms with Gasteiger partial charge in [-0.1, -0.05) is 26.0 Å². The molecule has 3 N–H and O–H groups in total. The molecule has 0 bridgehead atoms. The molecule has 4 heterocycles. The lowest BCUT2D eigenvalue weighted by Crippen LogP contribution is -2.59. The summed E-state index contributed by atoms with van der Waals surface area (Å²) in [6.45, 7) is 6.41. The van der Waals surface area contributed by atoms with Crippen LogP contribution in [0.4, 0.5) is 10.6 Å². The minimum atomic E-state index is -3.91. The first kappa shape index (κ1) is 41.7. The fourth-order valence-electron chi connectivity index (χ4n) is 10.1. The van der Waals surface area contributed by atoms with Gasteiger partial charge in [-0.2, -0.15) is 4.98 Å². The Hall–Kier alpha value is -4.64. The van der Waals surface area contributed by atoms with Crippen LogP contribution >= 0.6 is 0 Å². The number of carbonyl (C=O) groups excluding carboxylic acids is 4. The maximum atomic E-state index is 15.1. The number of pyridine rings is 1. The average Bonchev–Trinajstić information content (AvgIpc) is 4.20. The van der Waals surface area contributed by atoms with Crippen LogP contribution in [0.25, 0.3) is 10.8 Å². The second-order valence-corrected chi connectivity index (χ2v) is 20.6. The Labute approximate surface area is 356 Å². The van der Waals surface area contributed by atoms with Gasteiger partial charge in [0.2, 0.25) is 27.7 Å². The summed E-state index contributed by atoms with van der Waals surface area (Å²) in [5, 5.41) is 6.79. The van der Waals surface area contributed by atoms with E-state index in [9.17, 15) is 22.8 Å². The molecule has 10 atom stereocenters. The van der Waals surface area contributed by atoms with Crippen molar-refractivity contribution in [3.8, 4) is 11.6 Å². The van der Waals surface area contributed by atoms with Crippen molar-refractivity contribution < 1.29 is 46.5 Å². The smallest absolute Gasteiger partial charge is 0.408 e. The molecule has 3 aliphatic heterocycles. The summed E-state index contributed by atoms with van der Waals surface area (Å²) in [6, 6.07) is 5.43. The number of morpholine rings is 1. The second kappa shape index (κ2) is 16.6. The Balaban J connectivity index is 1.04. The maximum Gasteiger partial charge on any atom is 0.408 e. The summed E-state index contributed by atoms with van der Waals surface area (Å²) in [6.07, 6.45) is 8.40. The number of sulfonamides is 1. The van der Waals surface area contributed by atoms with Gasteiger partial charge in [-0.25, -0.2) is 13.2 Å². The molecular formula is C44H58N6O10S. The summed E-state index contributed by atoms with van der Waals surface area (Å²) in [4.78, 5) is 65.9. The van der Waals surface area contributed by atoms with E-state index in [1.54, 1.807) is 7.11 Å². The van der Waals surface area contributed by atoms with Crippen molar-refractivity contribution in [2.75, 3.05) is 44.9 Å². The predicted octanol–water partition coefficient (Wildman–Crippen LogP) is 3.82. The first-order valence-electron chi connectivity index (χ1n) is 22.1. The number of ether oxygens (including phenoxy) is 4. The van der Waals surface area contributed by atoms with Crippen molar-refractivity contribution in [1.29, 1.82) is 0 Å². The van der Waals surface area contributed by atoms with Crippen molar-refractivity contribution in [2.24, 2.45) is 29.6 Å². The number of anilines is 1. The number of alkyl carbamates (subject to hydrolysis) is 1. The lowest BCUT2D eigenvalue weighted by molar-refractivity contribution is -0.142. The quantitative estimate of drug-likeness (QED) is 0.309. The molecule has 2 aromatic rings. The number of benzene rings is 1. The fourth-order valence-corrected chi connectivity index (χ4v) is 11.4. The average molecular weight is 863 g/mol. The van der Waals surface area contributed by atoms with Crippen molar-refractivity contribution >= 4 is 50.4 Å². The monoisotopic (exact) mass is 862 g/mol. The van der Waals surface area contributed by atoms with Crippen LogP contribution in [0.2, 0.25) is 0 Å². The molecule has 1 aromatic heterocycles. The summed E-state index contributed by atoms with van der Waals surface area (Å²) in [7, 11) is -2.31. The van der Waals surface area contributed by atoms with Crippen LogP contribution in [0.3, 0.4) is 0 Å². The van der Waals surface area contributed by atoms with Gasteiger partial charge in [0, 0.05) is 30.8 Å². The molecule has 17 heteroatoms. The van der Waals surface area contributed by atoms with E-state index in [0.717, 1.165) is 24.6 Å². The highest BCUT2D eigenvalue weighted by Crippen LogP contribution is 2.52. The number of nitrogens with one attached hydrogen (secondary N) is 3. The van der Waals surface area contributed by atoms with E-state index in [0.29, 0.717) is 86.7 Å². The molecule has 330 valence electrons. The summed E-state index contributed by atoms with van der Waals surface area (Å²) < 4.78 is 52.0. The fraction of sp³-hybridized carbons (Fsp3) is 0.659. The molecule has 4 amide bonds. The standard InChI is InChI=1S/C44H58N6O10S/c1-25-6-4-5-7-30-23-44(30,42(53)48-61(55,56)34-9-10-34)47-39(51)36-22-33(24-50(36)41(52)38(26(2)16-25)46-43(54)60-32-18-27-17-28(27)19-32)59-40-35-11-8-31(57-3)20-29(35)21-37(45-40)49-12-14-58-15-13-49/h5,7-8,11,20-21,25-28,30,32-34,36,38H,4,6,9-10,12-19,22-24H2,1-3H3,(H,46,54)(H,47,51)(H,48,53)/b7-5-/t25-,26-,27-,28+,30-,32?,33-,36+,38+,44-/m1/s1. The number of fused-ring (bicyclic) bond motifs is 4. The van der Waals surface area contributed by atoms with Gasteiger partial charge in [-0.05, 0) is 111 Å². The number of nitrogens with zero attached hydrogens (tertiary/aromatic N) is 3. The number of rotatable bonds is 9. The van der Waals surface area contributed by atoms with Crippen LogP contribution in [0.15, 0.2) is 36.4 Å². The lowest BCUT2D eigenvalue weighted by Gasteiger charge is -2.33. The second-order valence-electron chi connectivity index (χ2n) is 18.6. The van der Waals surface area contributed by atoms with Gasteiger partial charge in [0.1, 0.15) is 41.4 Å². The van der Waals surface area contributed by atoms with E-state index in [1.165, 1.54) is 11.3 Å². The van der Waals surface area contributed by atoms with Crippen LogP contribution in [-0.4, -0.2) is 117 Å². The van der Waals surface area contributed by atoms with Crippen LogP contribution < -0.4 is 29.7 Å². The molecule has 1 unspecified atom stereocenters. The van der Waals surface area contributed by atoms with Crippen molar-refractivity contribution in [1.82, 2.24) is 25.2 Å². The van der Waals surface area contributed by atoms with E-state index in [4.69, 9.17) is 23.9 Å². The number of amides is 4. The number of allylic oxidation sites excluding steroid dienone is 1. The normalized spacial score (nSPS) is 34.4. The SMILES string of the molecule is COc1ccc2c(O[C@@H]3C[C@H]4C(=O)N[C@]5(C(=O)NS(=O)(=O)C6CC6)C[C@H]5/C=C\CC[C@@H](C)C[C@@H](C)[C@H](NC(=O)OC5C[C@@H]6C[C@@H]6C5)C(=O)N4C3)nc(N3CCOCC3)cc2c1. The van der Waals surface area contributed by atoms with Gasteiger partial charge < -0.3 is 39.4 Å². The zero-order valence-corrected chi connectivity index (χ0v) is 36.0. The van der Waals surface area contributed by atoms with Crippen molar-refractivity contribution in [3.05, 3.63) is 36.4 Å². The molecule has 61 heavy (non-hydrogen) atoms. The summed E-state index contributed by atoms with van der Waals surface area (Å²) in [5.41, 5.74) is -1.52. The third-order valence-corrected chi connectivity index (χ3v) is 15.8. The Morgan fingerprint density at radius 3 is 2.49 bits per heavy atom. The van der Waals surface area contributed by atoms with E-state index in [1.807, 2.05) is 43.3 Å². The number of hydrogen-bond donors (Lipinski definition) is 3. The number of hydrogen-bond acceptors (Lipinski definition) is 12. The Bertz CT molecular complexity index is 2180. The minimum Gasteiger partial charge on any atom is -0.497 e. The van der Waals surface area contributed by atoms with Gasteiger partial charge in [0.25, 0.3) is 5.91 Å². The maximum absolute atomic E-state index is 15.1. The van der Waals surface area contributed by atoms with Gasteiger partial charge in [-0.3, -0.25) is 19.1 Å². The highest BCUT2D eigenvalue weighted by atomic mass is 32.2. The molecule has 2 saturated heterocycles. The number of methoxy groups -OCH3 is 1. The highest BCUT2D eigenvalue weighted by Gasteiger charge is 2.62. The summed E-state index contributed by atoms with van der Waals surface area (Å²) in [5.74, 6) is 0.415. The molecule has 4 aliphatic carbocycles. The predicted molar refractivity (Wildman–Crippen MR) is 224 cm³/mol. The molecule has 0 spiro atoms. The van der Waals surface area contributed by atoms with Gasteiger partial charge in [-0.15, -0.1) is 0 Å². The highest BCUT2D eigenvalue weighted by molar-refractivity contribution is 7.91. The molecule has 16 nitrogen and oxygen atoms in total. The molecule has 0 radical (unpaired) electrons. The zero-order chi connectivity index (χ0) is 42.6. The van der Waals surface area contributed by atoms with Crippen LogP contribution in [-0.2, 0) is 33.9 Å². The topological polar surface area (TPSA) is 195 Å². The van der Waals surface area contributed by atoms with Crippen LogP contribution in [0.1, 0.15) is 78.1 Å². The van der Waals surface area contributed by atoms with Crippen LogP contribution in [0, 0.1) is 29.6 Å². The molecular weight excluding hydrogens is 805 g/mol. The Morgan fingerprint density at radius 1 is 0.984 bits per heavy atom. The molecule has 6 fully saturated rings. The number of aromatic nitrogens is 1. The minimum absolute atomic E-state index is 0.0158. The first-order valence-corrected chi connectivity index (χ1v) is 23.7. The molecule has 1 aromatic carbocycles. The van der Waals surface area contributed by atoms with Crippen LogP contribution in [0.5, 0.6) is 11.6 Å². The molecule has 7 aliphatic rings. The first-order chi connectivity index (χ1) is 29.3. The zero-order valence-electron chi connectivity index (χ0n) is 35.2. The van der Waals surface area contributed by atoms with Gasteiger partial charge in [0.15, 0.2) is 0 Å². The largest absolute Gasteiger partial charge is 0.497 e. The van der Waals surface area contributed by atoms with E-state index in [-0.39, 0.29) is 37.3 Å². The van der Waals surface area contributed by atoms with Gasteiger partial charge >= 0.3 is 6.09 Å². The van der Waals surface area contributed by atoms with E-state index >= 15 is 4.79 Å².